The normalized spacial score (nSPS) is 14.4. The number of carbonyl (C=O) groups excluding carboxylic acids is 5. The molecule has 0 radical (unpaired) electrons. The monoisotopic (exact) mass is 420 g/mol. The summed E-state index contributed by atoms with van der Waals surface area (Å²) in [6.45, 7) is 5.51. The molecule has 0 aliphatic carbocycles. The molecule has 0 saturated carbocycles. The van der Waals surface area contributed by atoms with Gasteiger partial charge in [-0.15, -0.1) is 0 Å². The van der Waals surface area contributed by atoms with Gasteiger partial charge in [0.15, 0.2) is 24.4 Å². The summed E-state index contributed by atoms with van der Waals surface area (Å²) in [7, 11) is 0. The van der Waals surface area contributed by atoms with E-state index in [-0.39, 0.29) is 13.0 Å². The predicted octanol–water partition coefficient (Wildman–Crippen LogP) is -0.249. The summed E-state index contributed by atoms with van der Waals surface area (Å²) in [6.07, 6.45) is -5.75. The highest BCUT2D eigenvalue weighted by Gasteiger charge is 2.28. The minimum Gasteiger partial charge on any atom is -0.479 e. The molecule has 12 heteroatoms. The van der Waals surface area contributed by atoms with Crippen molar-refractivity contribution in [2.45, 2.75) is 65.5 Å². The second kappa shape index (κ2) is 12.3. The third-order valence-corrected chi connectivity index (χ3v) is 3.13. The van der Waals surface area contributed by atoms with Gasteiger partial charge in [0.2, 0.25) is 0 Å². The number of rotatable bonds is 11. The third kappa shape index (κ3) is 10.7. The average Bonchev–Trinajstić information content (AvgIpc) is 2.60. The van der Waals surface area contributed by atoms with Gasteiger partial charge in [0.05, 0.1) is 6.42 Å². The van der Waals surface area contributed by atoms with Crippen LogP contribution in [0.1, 0.15) is 41.0 Å². The Morgan fingerprint density at radius 1 is 0.690 bits per heavy atom. The minimum atomic E-state index is -1.43. The van der Waals surface area contributed by atoms with E-state index in [0.29, 0.717) is 0 Å². The highest BCUT2D eigenvalue weighted by atomic mass is 16.6. The Bertz CT molecular complexity index is 640. The number of esters is 5. The maximum atomic E-state index is 11.8. The lowest BCUT2D eigenvalue weighted by molar-refractivity contribution is -0.181. The number of hydrogen-bond acceptors (Lipinski definition) is 11. The quantitative estimate of drug-likeness (QED) is 0.344. The Hall–Kier alpha value is -3.18. The predicted molar refractivity (Wildman–Crippen MR) is 91.1 cm³/mol. The SMILES string of the molecule is CC(=O)O[C@@H](C)C(=O)OCCC(=O)O[C@@H](C)C(=O)O[C@@H](C)C(=O)O[C@@H](C)C(=O)O. The summed E-state index contributed by atoms with van der Waals surface area (Å²) in [4.78, 5) is 67.9. The molecule has 0 aromatic rings. The molecule has 0 fully saturated rings. The molecular weight excluding hydrogens is 396 g/mol. The number of carbonyl (C=O) groups is 6. The fourth-order valence-electron chi connectivity index (χ4n) is 1.59. The highest BCUT2D eigenvalue weighted by Crippen LogP contribution is 2.05. The van der Waals surface area contributed by atoms with Crippen molar-refractivity contribution in [2.75, 3.05) is 6.61 Å². The Morgan fingerprint density at radius 2 is 1.14 bits per heavy atom. The fraction of sp³-hybridized carbons (Fsp3) is 0.647. The molecule has 0 amide bonds. The fourth-order valence-corrected chi connectivity index (χ4v) is 1.59. The van der Waals surface area contributed by atoms with Crippen LogP contribution in [0.25, 0.3) is 0 Å². The number of ether oxygens (including phenoxy) is 5. The van der Waals surface area contributed by atoms with Crippen molar-refractivity contribution in [3.63, 3.8) is 0 Å². The second-order valence-corrected chi connectivity index (χ2v) is 5.80. The molecule has 0 aliphatic heterocycles. The van der Waals surface area contributed by atoms with Crippen LogP contribution in [0.2, 0.25) is 0 Å². The molecule has 0 bridgehead atoms. The van der Waals surface area contributed by atoms with Gasteiger partial charge in [-0.1, -0.05) is 0 Å². The lowest BCUT2D eigenvalue weighted by Crippen LogP contribution is -2.35. The number of aliphatic carboxylic acids is 1. The van der Waals surface area contributed by atoms with E-state index in [0.717, 1.165) is 20.8 Å². The van der Waals surface area contributed by atoms with E-state index in [1.165, 1.54) is 13.8 Å². The number of carboxylic acid groups (broad SMARTS) is 1. The van der Waals surface area contributed by atoms with Gasteiger partial charge in [-0.2, -0.15) is 0 Å². The molecule has 0 unspecified atom stereocenters. The van der Waals surface area contributed by atoms with Crippen LogP contribution >= 0.6 is 0 Å². The number of carboxylic acids is 1. The van der Waals surface area contributed by atoms with Crippen LogP contribution in [0.4, 0.5) is 0 Å². The Labute approximate surface area is 166 Å². The van der Waals surface area contributed by atoms with Crippen molar-refractivity contribution in [3.8, 4) is 0 Å². The topological polar surface area (TPSA) is 169 Å². The highest BCUT2D eigenvalue weighted by molar-refractivity contribution is 5.84. The molecule has 0 saturated heterocycles. The lowest BCUT2D eigenvalue weighted by atomic mass is 10.3. The van der Waals surface area contributed by atoms with Crippen molar-refractivity contribution >= 4 is 35.8 Å². The van der Waals surface area contributed by atoms with Crippen molar-refractivity contribution in [2.24, 2.45) is 0 Å². The Balaban J connectivity index is 4.31. The summed E-state index contributed by atoms with van der Waals surface area (Å²) in [5.41, 5.74) is 0. The molecule has 0 heterocycles. The van der Waals surface area contributed by atoms with E-state index in [1.807, 2.05) is 0 Å². The summed E-state index contributed by atoms with van der Waals surface area (Å²) in [6, 6.07) is 0. The van der Waals surface area contributed by atoms with E-state index in [2.05, 4.69) is 9.47 Å². The van der Waals surface area contributed by atoms with E-state index in [9.17, 15) is 28.8 Å². The van der Waals surface area contributed by atoms with Crippen molar-refractivity contribution in [3.05, 3.63) is 0 Å². The van der Waals surface area contributed by atoms with Gasteiger partial charge in [-0.25, -0.2) is 19.2 Å². The molecule has 12 nitrogen and oxygen atoms in total. The number of hydrogen-bond donors (Lipinski definition) is 1. The smallest absolute Gasteiger partial charge is 0.347 e. The first-order valence-electron chi connectivity index (χ1n) is 8.52. The second-order valence-electron chi connectivity index (χ2n) is 5.80. The Kier molecular flexibility index (Phi) is 11.0. The van der Waals surface area contributed by atoms with E-state index in [4.69, 9.17) is 19.3 Å². The van der Waals surface area contributed by atoms with Crippen molar-refractivity contribution < 1.29 is 57.6 Å². The van der Waals surface area contributed by atoms with Gasteiger partial charge >= 0.3 is 35.8 Å². The molecule has 4 atom stereocenters. The molecular formula is C17H24O12. The van der Waals surface area contributed by atoms with Crippen LogP contribution in [-0.4, -0.2) is 71.9 Å². The molecule has 0 aromatic heterocycles. The molecule has 0 rings (SSSR count). The van der Waals surface area contributed by atoms with Crippen molar-refractivity contribution in [1.82, 2.24) is 0 Å². The average molecular weight is 420 g/mol. The molecule has 0 aliphatic rings. The molecule has 1 N–H and O–H groups in total. The van der Waals surface area contributed by atoms with Gasteiger partial charge < -0.3 is 28.8 Å². The zero-order valence-corrected chi connectivity index (χ0v) is 16.7. The summed E-state index contributed by atoms with van der Waals surface area (Å²) in [5.74, 6) is -5.94. The minimum absolute atomic E-state index is 0.374. The van der Waals surface area contributed by atoms with Gasteiger partial charge in [0.25, 0.3) is 0 Å². The first-order valence-corrected chi connectivity index (χ1v) is 8.52. The van der Waals surface area contributed by atoms with Crippen LogP contribution in [-0.2, 0) is 52.5 Å². The standard InChI is InChI=1S/C17H24O12/c1-8(14(20)21)28-17(24)11(4)29-16(23)10(3)27-13(19)6-7-25-15(22)9(2)26-12(5)18/h8-11H,6-7H2,1-5H3,(H,20,21)/t8-,9-,10-,11-/m0/s1. The summed E-state index contributed by atoms with van der Waals surface area (Å²) >= 11 is 0. The Morgan fingerprint density at radius 3 is 1.62 bits per heavy atom. The van der Waals surface area contributed by atoms with Crippen LogP contribution in [0, 0.1) is 0 Å². The first kappa shape index (κ1) is 25.8. The van der Waals surface area contributed by atoms with Crippen LogP contribution in [0.5, 0.6) is 0 Å². The molecule has 164 valence electrons. The van der Waals surface area contributed by atoms with Crippen LogP contribution in [0.3, 0.4) is 0 Å². The van der Waals surface area contributed by atoms with Gasteiger partial charge in [0, 0.05) is 6.92 Å². The van der Waals surface area contributed by atoms with Gasteiger partial charge in [-0.05, 0) is 27.7 Å². The third-order valence-electron chi connectivity index (χ3n) is 3.13. The van der Waals surface area contributed by atoms with E-state index < -0.39 is 60.2 Å². The maximum Gasteiger partial charge on any atom is 0.347 e. The lowest BCUT2D eigenvalue weighted by Gasteiger charge is -2.17. The summed E-state index contributed by atoms with van der Waals surface area (Å²) in [5, 5.41) is 8.66. The van der Waals surface area contributed by atoms with Gasteiger partial charge in [-0.3, -0.25) is 9.59 Å². The first-order chi connectivity index (χ1) is 13.3. The largest absolute Gasteiger partial charge is 0.479 e. The van der Waals surface area contributed by atoms with Crippen molar-refractivity contribution in [1.29, 1.82) is 0 Å². The molecule has 0 aromatic carbocycles. The van der Waals surface area contributed by atoms with E-state index >= 15 is 0 Å². The van der Waals surface area contributed by atoms with Crippen LogP contribution in [0.15, 0.2) is 0 Å². The van der Waals surface area contributed by atoms with Crippen LogP contribution < -0.4 is 0 Å². The molecule has 0 spiro atoms. The van der Waals surface area contributed by atoms with E-state index in [1.54, 1.807) is 0 Å². The zero-order valence-electron chi connectivity index (χ0n) is 16.7. The van der Waals surface area contributed by atoms with Gasteiger partial charge in [0.1, 0.15) is 6.61 Å². The molecule has 29 heavy (non-hydrogen) atoms. The maximum absolute atomic E-state index is 11.8. The summed E-state index contributed by atoms with van der Waals surface area (Å²) < 4.78 is 23.4. The zero-order chi connectivity index (χ0) is 22.7.